The highest BCUT2D eigenvalue weighted by Crippen LogP contribution is 2.14. The first-order valence-electron chi connectivity index (χ1n) is 5.40. The van der Waals surface area contributed by atoms with Crippen molar-refractivity contribution in [1.82, 2.24) is 4.72 Å². The van der Waals surface area contributed by atoms with Gasteiger partial charge in [-0.1, -0.05) is 17.7 Å². The highest BCUT2D eigenvalue weighted by atomic mass is 32.2. The van der Waals surface area contributed by atoms with Gasteiger partial charge in [0, 0.05) is 18.0 Å². The molecule has 2 nitrogen and oxygen atoms in total. The Labute approximate surface area is 96.2 Å². The summed E-state index contributed by atoms with van der Waals surface area (Å²) in [5.41, 5.74) is 1.29. The molecular formula is C12H19NOS. The van der Waals surface area contributed by atoms with Crippen molar-refractivity contribution in [2.45, 2.75) is 31.1 Å². The molecule has 0 aliphatic rings. The minimum atomic E-state index is 0.311. The van der Waals surface area contributed by atoms with Gasteiger partial charge in [-0.3, -0.25) is 4.72 Å². The van der Waals surface area contributed by atoms with Gasteiger partial charge in [0.15, 0.2) is 0 Å². The summed E-state index contributed by atoms with van der Waals surface area (Å²) in [6.07, 6.45) is 3.13. The van der Waals surface area contributed by atoms with E-state index in [1.807, 2.05) is 0 Å². The topological polar surface area (TPSA) is 32.3 Å². The Kier molecular flexibility index (Phi) is 6.48. The molecule has 1 rings (SSSR count). The second-order valence-corrected chi connectivity index (χ2v) is 4.56. The maximum atomic E-state index is 8.60. The standard InChI is InChI=1S/C12H19NOS/c1-11-5-7-12(8-6-11)15-13-9-3-2-4-10-14/h5-8,13-14H,2-4,9-10H2,1H3. The van der Waals surface area contributed by atoms with Crippen LogP contribution in [0.4, 0.5) is 0 Å². The van der Waals surface area contributed by atoms with Gasteiger partial charge in [-0.05, 0) is 50.3 Å². The second-order valence-electron chi connectivity index (χ2n) is 3.59. The number of aliphatic hydroxyl groups excluding tert-OH is 1. The van der Waals surface area contributed by atoms with Gasteiger partial charge < -0.3 is 5.11 Å². The lowest BCUT2D eigenvalue weighted by atomic mass is 10.2. The number of unbranched alkanes of at least 4 members (excludes halogenated alkanes) is 2. The van der Waals surface area contributed by atoms with Crippen LogP contribution in [0.3, 0.4) is 0 Å². The SMILES string of the molecule is Cc1ccc(SNCCCCCO)cc1. The molecule has 0 amide bonds. The summed E-state index contributed by atoms with van der Waals surface area (Å²) in [7, 11) is 0. The summed E-state index contributed by atoms with van der Waals surface area (Å²) < 4.78 is 3.32. The molecule has 1 aromatic carbocycles. The van der Waals surface area contributed by atoms with Crippen molar-refractivity contribution in [2.24, 2.45) is 0 Å². The fourth-order valence-corrected chi connectivity index (χ4v) is 1.91. The third-order valence-electron chi connectivity index (χ3n) is 2.15. The number of benzene rings is 1. The Morgan fingerprint density at radius 2 is 1.87 bits per heavy atom. The van der Waals surface area contributed by atoms with E-state index in [1.165, 1.54) is 10.5 Å². The minimum absolute atomic E-state index is 0.311. The number of hydrogen-bond donors (Lipinski definition) is 2. The Hall–Kier alpha value is -0.510. The smallest absolute Gasteiger partial charge is 0.0431 e. The van der Waals surface area contributed by atoms with Crippen LogP contribution in [0.25, 0.3) is 0 Å². The van der Waals surface area contributed by atoms with E-state index in [2.05, 4.69) is 35.9 Å². The monoisotopic (exact) mass is 225 g/mol. The lowest BCUT2D eigenvalue weighted by Gasteiger charge is -2.03. The largest absolute Gasteiger partial charge is 0.396 e. The molecule has 84 valence electrons. The summed E-state index contributed by atoms with van der Waals surface area (Å²) >= 11 is 1.67. The molecule has 0 aliphatic heterocycles. The zero-order valence-electron chi connectivity index (χ0n) is 9.20. The zero-order chi connectivity index (χ0) is 10.9. The Bertz CT molecular complexity index is 261. The van der Waals surface area contributed by atoms with Crippen molar-refractivity contribution in [1.29, 1.82) is 0 Å². The van der Waals surface area contributed by atoms with Gasteiger partial charge >= 0.3 is 0 Å². The van der Waals surface area contributed by atoms with Crippen molar-refractivity contribution in [3.05, 3.63) is 29.8 Å². The van der Waals surface area contributed by atoms with Gasteiger partial charge in [0.25, 0.3) is 0 Å². The van der Waals surface area contributed by atoms with Crippen LogP contribution < -0.4 is 4.72 Å². The number of aryl methyl sites for hydroxylation is 1. The van der Waals surface area contributed by atoms with Gasteiger partial charge in [0.1, 0.15) is 0 Å². The summed E-state index contributed by atoms with van der Waals surface area (Å²) in [5.74, 6) is 0. The molecule has 0 atom stereocenters. The number of rotatable bonds is 7. The molecule has 0 spiro atoms. The fourth-order valence-electron chi connectivity index (χ4n) is 1.23. The van der Waals surface area contributed by atoms with E-state index in [4.69, 9.17) is 5.11 Å². The molecule has 0 bridgehead atoms. The first-order valence-corrected chi connectivity index (χ1v) is 6.22. The van der Waals surface area contributed by atoms with Crippen LogP contribution in [0.2, 0.25) is 0 Å². The first kappa shape index (κ1) is 12.6. The molecule has 0 aliphatic carbocycles. The van der Waals surface area contributed by atoms with Gasteiger partial charge in [0.05, 0.1) is 0 Å². The van der Waals surface area contributed by atoms with Crippen LogP contribution in [0.1, 0.15) is 24.8 Å². The lowest BCUT2D eigenvalue weighted by molar-refractivity contribution is 0.283. The summed E-state index contributed by atoms with van der Waals surface area (Å²) in [6.45, 7) is 3.40. The van der Waals surface area contributed by atoms with E-state index in [9.17, 15) is 0 Å². The third kappa shape index (κ3) is 5.82. The minimum Gasteiger partial charge on any atom is -0.396 e. The van der Waals surface area contributed by atoms with E-state index < -0.39 is 0 Å². The molecule has 0 radical (unpaired) electrons. The molecule has 0 aromatic heterocycles. The highest BCUT2D eigenvalue weighted by molar-refractivity contribution is 7.97. The first-order chi connectivity index (χ1) is 7.33. The van der Waals surface area contributed by atoms with Crippen molar-refractivity contribution >= 4 is 11.9 Å². The quantitative estimate of drug-likeness (QED) is 0.553. The molecule has 0 fully saturated rings. The third-order valence-corrected chi connectivity index (χ3v) is 3.00. The van der Waals surface area contributed by atoms with Crippen molar-refractivity contribution in [3.63, 3.8) is 0 Å². The van der Waals surface area contributed by atoms with Gasteiger partial charge in [-0.25, -0.2) is 0 Å². The summed E-state index contributed by atoms with van der Waals surface area (Å²) in [6, 6.07) is 8.49. The van der Waals surface area contributed by atoms with Gasteiger partial charge in [0.2, 0.25) is 0 Å². The maximum absolute atomic E-state index is 8.60. The predicted octanol–water partition coefficient (Wildman–Crippen LogP) is 2.75. The molecule has 2 N–H and O–H groups in total. The second kappa shape index (κ2) is 7.74. The van der Waals surface area contributed by atoms with Gasteiger partial charge in [-0.2, -0.15) is 0 Å². The van der Waals surface area contributed by atoms with Crippen molar-refractivity contribution in [2.75, 3.05) is 13.2 Å². The predicted molar refractivity (Wildman–Crippen MR) is 66.0 cm³/mol. The summed E-state index contributed by atoms with van der Waals surface area (Å²) in [4.78, 5) is 1.25. The Morgan fingerprint density at radius 1 is 1.13 bits per heavy atom. The normalized spacial score (nSPS) is 10.5. The molecule has 0 saturated carbocycles. The lowest BCUT2D eigenvalue weighted by Crippen LogP contribution is -2.05. The maximum Gasteiger partial charge on any atom is 0.0431 e. The zero-order valence-corrected chi connectivity index (χ0v) is 10.0. The van der Waals surface area contributed by atoms with Crippen LogP contribution in [-0.4, -0.2) is 18.3 Å². The highest BCUT2D eigenvalue weighted by Gasteiger charge is 1.93. The number of aliphatic hydroxyl groups is 1. The van der Waals surface area contributed by atoms with E-state index >= 15 is 0 Å². The average molecular weight is 225 g/mol. The van der Waals surface area contributed by atoms with Crippen LogP contribution in [0, 0.1) is 6.92 Å². The van der Waals surface area contributed by atoms with Crippen LogP contribution in [0.15, 0.2) is 29.2 Å². The van der Waals surface area contributed by atoms with Crippen molar-refractivity contribution in [3.8, 4) is 0 Å². The van der Waals surface area contributed by atoms with Crippen molar-refractivity contribution < 1.29 is 5.11 Å². The molecule has 3 heteroatoms. The van der Waals surface area contributed by atoms with E-state index in [-0.39, 0.29) is 0 Å². The Balaban J connectivity index is 2.07. The average Bonchev–Trinajstić information content (AvgIpc) is 2.26. The number of hydrogen-bond acceptors (Lipinski definition) is 3. The van der Waals surface area contributed by atoms with Crippen LogP contribution in [0.5, 0.6) is 0 Å². The molecular weight excluding hydrogens is 206 g/mol. The molecule has 15 heavy (non-hydrogen) atoms. The Morgan fingerprint density at radius 3 is 2.53 bits per heavy atom. The van der Waals surface area contributed by atoms with E-state index in [0.29, 0.717) is 6.61 Å². The molecule has 0 heterocycles. The molecule has 0 unspecified atom stereocenters. The fraction of sp³-hybridized carbons (Fsp3) is 0.500. The van der Waals surface area contributed by atoms with Crippen LogP contribution >= 0.6 is 11.9 Å². The number of nitrogens with one attached hydrogen (secondary N) is 1. The van der Waals surface area contributed by atoms with E-state index in [1.54, 1.807) is 11.9 Å². The summed E-state index contributed by atoms with van der Waals surface area (Å²) in [5, 5.41) is 8.60. The van der Waals surface area contributed by atoms with E-state index in [0.717, 1.165) is 25.8 Å². The van der Waals surface area contributed by atoms with Crippen LogP contribution in [-0.2, 0) is 0 Å². The molecule has 0 saturated heterocycles. The molecule has 1 aromatic rings. The van der Waals surface area contributed by atoms with Gasteiger partial charge in [-0.15, -0.1) is 0 Å².